The molecule has 2 aromatic carbocycles. The van der Waals surface area contributed by atoms with Crippen molar-refractivity contribution in [3.63, 3.8) is 0 Å². The quantitative estimate of drug-likeness (QED) is 0.729. The van der Waals surface area contributed by atoms with Gasteiger partial charge in [0.2, 0.25) is 0 Å². The number of hydrogen-bond acceptors (Lipinski definition) is 3. The van der Waals surface area contributed by atoms with Crippen molar-refractivity contribution < 1.29 is 13.2 Å². The third-order valence-electron chi connectivity index (χ3n) is 4.95. The van der Waals surface area contributed by atoms with Crippen LogP contribution < -0.4 is 15.6 Å². The van der Waals surface area contributed by atoms with Crippen LogP contribution in [0.1, 0.15) is 12.8 Å². The first-order valence-corrected chi connectivity index (χ1v) is 8.79. The molecule has 2 heterocycles. The Bertz CT molecular complexity index is 1010. The monoisotopic (exact) mass is 373 g/mol. The molecule has 0 saturated carbocycles. The molecule has 3 aromatic rings. The van der Waals surface area contributed by atoms with Crippen molar-refractivity contribution in [1.29, 1.82) is 0 Å². The van der Waals surface area contributed by atoms with Gasteiger partial charge < -0.3 is 15.2 Å². The second-order valence-corrected chi connectivity index (χ2v) is 6.69. The molecule has 0 bridgehead atoms. The van der Waals surface area contributed by atoms with Gasteiger partial charge in [0.05, 0.1) is 16.6 Å². The molecule has 0 radical (unpaired) electrons. The Morgan fingerprint density at radius 2 is 1.74 bits per heavy atom. The van der Waals surface area contributed by atoms with Crippen LogP contribution in [0.5, 0.6) is 0 Å². The summed E-state index contributed by atoms with van der Waals surface area (Å²) in [6.07, 6.45) is 2.89. The van der Waals surface area contributed by atoms with Gasteiger partial charge in [0.15, 0.2) is 17.1 Å². The lowest BCUT2D eigenvalue weighted by atomic mass is 10.0. The molecule has 4 rings (SSSR count). The SMILES string of the molecule is O=c1cc[nH]c2cccc(N3CCC(Nc4c(F)cc(F)cc4F)CC3)c12. The van der Waals surface area contributed by atoms with E-state index in [1.165, 1.54) is 6.07 Å². The summed E-state index contributed by atoms with van der Waals surface area (Å²) in [4.78, 5) is 17.5. The number of benzene rings is 2. The standard InChI is InChI=1S/C20H18F3N3O/c21-12-10-14(22)20(15(23)11-12)25-13-5-8-26(9-6-13)17-3-1-2-16-19(17)18(27)4-7-24-16/h1-4,7,10-11,13,25H,5-6,8-9H2,(H,24,27). The molecule has 2 N–H and O–H groups in total. The van der Waals surface area contributed by atoms with Gasteiger partial charge in [-0.15, -0.1) is 0 Å². The fourth-order valence-corrected chi connectivity index (χ4v) is 3.62. The topological polar surface area (TPSA) is 48.1 Å². The third-order valence-corrected chi connectivity index (χ3v) is 4.95. The molecule has 0 unspecified atom stereocenters. The zero-order valence-electron chi connectivity index (χ0n) is 14.4. The Hall–Kier alpha value is -2.96. The number of H-pyrrole nitrogens is 1. The number of fused-ring (bicyclic) bond motifs is 1. The second-order valence-electron chi connectivity index (χ2n) is 6.69. The van der Waals surface area contributed by atoms with E-state index in [0.717, 1.165) is 11.2 Å². The van der Waals surface area contributed by atoms with Gasteiger partial charge in [0.25, 0.3) is 0 Å². The maximum absolute atomic E-state index is 13.8. The van der Waals surface area contributed by atoms with E-state index < -0.39 is 17.5 Å². The highest BCUT2D eigenvalue weighted by Crippen LogP contribution is 2.28. The number of anilines is 2. The van der Waals surface area contributed by atoms with E-state index >= 15 is 0 Å². The number of nitrogens with zero attached hydrogens (tertiary/aromatic N) is 1. The number of aromatic nitrogens is 1. The summed E-state index contributed by atoms with van der Waals surface area (Å²) in [5, 5.41) is 3.49. The van der Waals surface area contributed by atoms with Gasteiger partial charge >= 0.3 is 0 Å². The van der Waals surface area contributed by atoms with E-state index in [0.29, 0.717) is 43.5 Å². The fraction of sp³-hybridized carbons (Fsp3) is 0.250. The Balaban J connectivity index is 1.51. The highest BCUT2D eigenvalue weighted by atomic mass is 19.1. The summed E-state index contributed by atoms with van der Waals surface area (Å²) in [5.41, 5.74) is 1.29. The van der Waals surface area contributed by atoms with Crippen LogP contribution in [0.3, 0.4) is 0 Å². The van der Waals surface area contributed by atoms with Crippen molar-refractivity contribution in [2.75, 3.05) is 23.3 Å². The van der Waals surface area contributed by atoms with E-state index in [2.05, 4.69) is 15.2 Å². The predicted octanol–water partition coefficient (Wildman–Crippen LogP) is 4.03. The van der Waals surface area contributed by atoms with Crippen LogP contribution in [0, 0.1) is 17.5 Å². The molecule has 0 aliphatic carbocycles. The Labute approximate surface area is 153 Å². The number of piperidine rings is 1. The van der Waals surface area contributed by atoms with Crippen molar-refractivity contribution in [3.8, 4) is 0 Å². The van der Waals surface area contributed by atoms with Crippen molar-refractivity contribution >= 4 is 22.3 Å². The number of rotatable bonds is 3. The normalized spacial score (nSPS) is 15.3. The number of hydrogen-bond donors (Lipinski definition) is 2. The van der Waals surface area contributed by atoms with E-state index in [4.69, 9.17) is 0 Å². The Morgan fingerprint density at radius 1 is 1.04 bits per heavy atom. The molecular weight excluding hydrogens is 355 g/mol. The van der Waals surface area contributed by atoms with Gasteiger partial charge in [0, 0.05) is 43.5 Å². The Morgan fingerprint density at radius 3 is 2.44 bits per heavy atom. The van der Waals surface area contributed by atoms with Crippen molar-refractivity contribution in [1.82, 2.24) is 4.98 Å². The van der Waals surface area contributed by atoms with Crippen molar-refractivity contribution in [2.24, 2.45) is 0 Å². The maximum Gasteiger partial charge on any atom is 0.191 e. The number of pyridine rings is 1. The molecule has 1 aliphatic rings. The minimum Gasteiger partial charge on any atom is -0.377 e. The average molecular weight is 373 g/mol. The van der Waals surface area contributed by atoms with Crippen LogP contribution in [-0.4, -0.2) is 24.1 Å². The van der Waals surface area contributed by atoms with Crippen LogP contribution in [-0.2, 0) is 0 Å². The average Bonchev–Trinajstić information content (AvgIpc) is 2.65. The molecule has 1 saturated heterocycles. The molecule has 7 heteroatoms. The zero-order chi connectivity index (χ0) is 19.0. The number of nitrogens with one attached hydrogen (secondary N) is 2. The molecule has 4 nitrogen and oxygen atoms in total. The first-order valence-electron chi connectivity index (χ1n) is 8.79. The van der Waals surface area contributed by atoms with Crippen LogP contribution in [0.2, 0.25) is 0 Å². The van der Waals surface area contributed by atoms with E-state index in [1.54, 1.807) is 6.20 Å². The van der Waals surface area contributed by atoms with Crippen LogP contribution in [0.15, 0.2) is 47.4 Å². The first kappa shape index (κ1) is 17.5. The summed E-state index contributed by atoms with van der Waals surface area (Å²) in [6.45, 7) is 1.27. The lowest BCUT2D eigenvalue weighted by molar-refractivity contribution is 0.509. The Kier molecular flexibility index (Phi) is 4.51. The van der Waals surface area contributed by atoms with Crippen LogP contribution in [0.25, 0.3) is 10.9 Å². The molecule has 1 aliphatic heterocycles. The summed E-state index contributed by atoms with van der Waals surface area (Å²) in [5.74, 6) is -2.81. The maximum atomic E-state index is 13.8. The summed E-state index contributed by atoms with van der Waals surface area (Å²) in [7, 11) is 0. The van der Waals surface area contributed by atoms with E-state index in [9.17, 15) is 18.0 Å². The van der Waals surface area contributed by atoms with Gasteiger partial charge in [-0.2, -0.15) is 0 Å². The smallest absolute Gasteiger partial charge is 0.191 e. The van der Waals surface area contributed by atoms with Crippen LogP contribution >= 0.6 is 0 Å². The van der Waals surface area contributed by atoms with Gasteiger partial charge in [0.1, 0.15) is 11.5 Å². The highest BCUT2D eigenvalue weighted by molar-refractivity contribution is 5.91. The first-order chi connectivity index (χ1) is 13.0. The lowest BCUT2D eigenvalue weighted by Gasteiger charge is -2.35. The highest BCUT2D eigenvalue weighted by Gasteiger charge is 2.23. The van der Waals surface area contributed by atoms with Gasteiger partial charge in [-0.05, 0) is 25.0 Å². The van der Waals surface area contributed by atoms with E-state index in [-0.39, 0.29) is 17.2 Å². The molecule has 1 aromatic heterocycles. The fourth-order valence-electron chi connectivity index (χ4n) is 3.62. The molecule has 1 fully saturated rings. The number of halogens is 3. The second kappa shape index (κ2) is 6.98. The number of aromatic amines is 1. The van der Waals surface area contributed by atoms with Crippen molar-refractivity contribution in [2.45, 2.75) is 18.9 Å². The molecule has 0 amide bonds. The predicted molar refractivity (Wildman–Crippen MR) is 99.7 cm³/mol. The van der Waals surface area contributed by atoms with Gasteiger partial charge in [-0.1, -0.05) is 6.07 Å². The summed E-state index contributed by atoms with van der Waals surface area (Å²) < 4.78 is 40.7. The minimum atomic E-state index is -0.938. The summed E-state index contributed by atoms with van der Waals surface area (Å²) >= 11 is 0. The molecular formula is C20H18F3N3O. The van der Waals surface area contributed by atoms with Crippen molar-refractivity contribution in [3.05, 3.63) is 70.3 Å². The van der Waals surface area contributed by atoms with Gasteiger partial charge in [-0.3, -0.25) is 4.79 Å². The van der Waals surface area contributed by atoms with Gasteiger partial charge in [-0.25, -0.2) is 13.2 Å². The zero-order valence-corrected chi connectivity index (χ0v) is 14.4. The molecule has 27 heavy (non-hydrogen) atoms. The third kappa shape index (κ3) is 3.37. The largest absolute Gasteiger partial charge is 0.377 e. The van der Waals surface area contributed by atoms with Crippen LogP contribution in [0.4, 0.5) is 24.5 Å². The minimum absolute atomic E-state index is 0.0462. The molecule has 0 atom stereocenters. The van der Waals surface area contributed by atoms with E-state index in [1.807, 2.05) is 18.2 Å². The molecule has 140 valence electrons. The summed E-state index contributed by atoms with van der Waals surface area (Å²) in [6, 6.07) is 8.36. The lowest BCUT2D eigenvalue weighted by Crippen LogP contribution is -2.39. The molecule has 0 spiro atoms.